The number of hydrogen-bond donors (Lipinski definition) is 1. The van der Waals surface area contributed by atoms with Gasteiger partial charge in [-0.05, 0) is 50.5 Å². The number of benzene rings is 1. The fraction of sp³-hybridized carbons (Fsp3) is 0.417. The first-order valence-corrected chi connectivity index (χ1v) is 12.4. The van der Waals surface area contributed by atoms with Crippen molar-refractivity contribution in [2.45, 2.75) is 60.2 Å². The van der Waals surface area contributed by atoms with Crippen LogP contribution >= 0.6 is 34.5 Å². The van der Waals surface area contributed by atoms with Crippen molar-refractivity contribution >= 4 is 40.4 Å². The Morgan fingerprint density at radius 2 is 1.88 bits per heavy atom. The first-order chi connectivity index (χ1) is 15.2. The van der Waals surface area contributed by atoms with E-state index in [2.05, 4.69) is 30.7 Å². The molecule has 1 amide bonds. The molecule has 0 saturated carbocycles. The molecule has 1 N–H and O–H groups in total. The quantitative estimate of drug-likeness (QED) is 0.349. The molecule has 0 bridgehead atoms. The lowest BCUT2D eigenvalue weighted by Gasteiger charge is -2.14. The molecule has 2 aromatic heterocycles. The second kappa shape index (κ2) is 10.7. The van der Waals surface area contributed by atoms with Gasteiger partial charge in [-0.3, -0.25) is 4.79 Å². The number of amides is 1. The SMILES string of the molecule is CCC(C)NC(=O)c1cc(-c2csc(COc3cc(Cl)cc(Cl)c3)n2)n(CC(C)C)c1C. The van der Waals surface area contributed by atoms with Crippen molar-refractivity contribution in [2.75, 3.05) is 0 Å². The average molecular weight is 494 g/mol. The molecule has 0 radical (unpaired) electrons. The van der Waals surface area contributed by atoms with Crippen molar-refractivity contribution in [2.24, 2.45) is 5.92 Å². The van der Waals surface area contributed by atoms with E-state index in [9.17, 15) is 4.79 Å². The van der Waals surface area contributed by atoms with Crippen molar-refractivity contribution in [3.05, 3.63) is 56.0 Å². The Kier molecular flexibility index (Phi) is 8.26. The van der Waals surface area contributed by atoms with Crippen LogP contribution in [-0.4, -0.2) is 21.5 Å². The van der Waals surface area contributed by atoms with Gasteiger partial charge in [-0.25, -0.2) is 4.98 Å². The van der Waals surface area contributed by atoms with Crippen LogP contribution in [0.25, 0.3) is 11.4 Å². The summed E-state index contributed by atoms with van der Waals surface area (Å²) in [4.78, 5) is 17.6. The normalized spacial score (nSPS) is 12.2. The van der Waals surface area contributed by atoms with Gasteiger partial charge in [0.15, 0.2) is 0 Å². The van der Waals surface area contributed by atoms with Gasteiger partial charge in [0.25, 0.3) is 5.91 Å². The summed E-state index contributed by atoms with van der Waals surface area (Å²) < 4.78 is 8.02. The summed E-state index contributed by atoms with van der Waals surface area (Å²) in [5.41, 5.74) is 3.43. The number of nitrogens with zero attached hydrogens (tertiary/aromatic N) is 2. The average Bonchev–Trinajstić information content (AvgIpc) is 3.30. The second-order valence-corrected chi connectivity index (χ2v) is 10.2. The Bertz CT molecular complexity index is 1070. The molecule has 3 aromatic rings. The highest BCUT2D eigenvalue weighted by Gasteiger charge is 2.21. The molecule has 0 saturated heterocycles. The minimum absolute atomic E-state index is 0.0442. The number of carbonyl (C=O) groups excluding carboxylic acids is 1. The van der Waals surface area contributed by atoms with Gasteiger partial charge < -0.3 is 14.6 Å². The third-order valence-corrected chi connectivity index (χ3v) is 6.42. The maximum Gasteiger partial charge on any atom is 0.253 e. The highest BCUT2D eigenvalue weighted by molar-refractivity contribution is 7.09. The Morgan fingerprint density at radius 3 is 2.50 bits per heavy atom. The predicted molar refractivity (Wildman–Crippen MR) is 133 cm³/mol. The third kappa shape index (κ3) is 6.06. The molecule has 1 unspecified atom stereocenters. The topological polar surface area (TPSA) is 56.1 Å². The molecule has 0 spiro atoms. The molecule has 2 heterocycles. The number of hydrogen-bond acceptors (Lipinski definition) is 4. The number of ether oxygens (including phenoxy) is 1. The van der Waals surface area contributed by atoms with Gasteiger partial charge in [-0.1, -0.05) is 44.0 Å². The minimum Gasteiger partial charge on any atom is -0.486 e. The predicted octanol–water partition coefficient (Wildman–Crippen LogP) is 6.99. The lowest BCUT2D eigenvalue weighted by Crippen LogP contribution is -2.32. The molecule has 1 atom stereocenters. The van der Waals surface area contributed by atoms with E-state index in [0.717, 1.165) is 35.1 Å². The molecule has 0 aliphatic heterocycles. The van der Waals surface area contributed by atoms with E-state index in [0.29, 0.717) is 33.9 Å². The zero-order valence-corrected chi connectivity index (χ0v) is 21.4. The minimum atomic E-state index is -0.0442. The molecule has 3 rings (SSSR count). The maximum absolute atomic E-state index is 12.9. The summed E-state index contributed by atoms with van der Waals surface area (Å²) in [5, 5.41) is 6.96. The maximum atomic E-state index is 12.9. The molecular formula is C24H29Cl2N3O2S. The number of nitrogens with one attached hydrogen (secondary N) is 1. The van der Waals surface area contributed by atoms with E-state index < -0.39 is 0 Å². The Morgan fingerprint density at radius 1 is 1.19 bits per heavy atom. The van der Waals surface area contributed by atoms with Crippen LogP contribution in [0.1, 0.15) is 55.2 Å². The van der Waals surface area contributed by atoms with E-state index in [1.165, 1.54) is 11.3 Å². The molecule has 0 fully saturated rings. The van der Waals surface area contributed by atoms with Gasteiger partial charge >= 0.3 is 0 Å². The van der Waals surface area contributed by atoms with Crippen molar-refractivity contribution in [3.63, 3.8) is 0 Å². The van der Waals surface area contributed by atoms with Gasteiger partial charge in [0.1, 0.15) is 17.4 Å². The smallest absolute Gasteiger partial charge is 0.253 e. The summed E-state index contributed by atoms with van der Waals surface area (Å²) in [7, 11) is 0. The van der Waals surface area contributed by atoms with Crippen LogP contribution in [-0.2, 0) is 13.2 Å². The van der Waals surface area contributed by atoms with Crippen LogP contribution in [0.5, 0.6) is 5.75 Å². The van der Waals surface area contributed by atoms with Gasteiger partial charge in [-0.2, -0.15) is 0 Å². The molecule has 1 aromatic carbocycles. The fourth-order valence-electron chi connectivity index (χ4n) is 3.34. The van der Waals surface area contributed by atoms with Crippen LogP contribution in [0.3, 0.4) is 0 Å². The molecule has 32 heavy (non-hydrogen) atoms. The van der Waals surface area contributed by atoms with Gasteiger partial charge in [0.05, 0.1) is 17.0 Å². The lowest BCUT2D eigenvalue weighted by molar-refractivity contribution is 0.0938. The fourth-order valence-corrected chi connectivity index (χ4v) is 4.55. The van der Waals surface area contributed by atoms with E-state index in [4.69, 9.17) is 32.9 Å². The third-order valence-electron chi connectivity index (χ3n) is 5.16. The molecular weight excluding hydrogens is 465 g/mol. The number of halogens is 2. The highest BCUT2D eigenvalue weighted by Crippen LogP contribution is 2.30. The Balaban J connectivity index is 1.85. The molecule has 8 heteroatoms. The van der Waals surface area contributed by atoms with E-state index in [1.54, 1.807) is 18.2 Å². The highest BCUT2D eigenvalue weighted by atomic mass is 35.5. The Labute approximate surface area is 203 Å². The van der Waals surface area contributed by atoms with E-state index in [1.807, 2.05) is 25.3 Å². The zero-order valence-electron chi connectivity index (χ0n) is 19.0. The van der Waals surface area contributed by atoms with Gasteiger partial charge in [-0.15, -0.1) is 11.3 Å². The van der Waals surface area contributed by atoms with Crippen LogP contribution < -0.4 is 10.1 Å². The lowest BCUT2D eigenvalue weighted by atomic mass is 10.2. The van der Waals surface area contributed by atoms with Crippen LogP contribution in [0.4, 0.5) is 0 Å². The van der Waals surface area contributed by atoms with Crippen molar-refractivity contribution in [1.29, 1.82) is 0 Å². The van der Waals surface area contributed by atoms with Crippen molar-refractivity contribution in [1.82, 2.24) is 14.9 Å². The van der Waals surface area contributed by atoms with Crippen molar-refractivity contribution < 1.29 is 9.53 Å². The van der Waals surface area contributed by atoms with Gasteiger partial charge in [0, 0.05) is 33.7 Å². The second-order valence-electron chi connectivity index (χ2n) is 8.34. The summed E-state index contributed by atoms with van der Waals surface area (Å²) >= 11 is 13.6. The van der Waals surface area contributed by atoms with E-state index in [-0.39, 0.29) is 11.9 Å². The molecule has 5 nitrogen and oxygen atoms in total. The number of rotatable bonds is 9. The van der Waals surface area contributed by atoms with E-state index >= 15 is 0 Å². The number of carbonyl (C=O) groups is 1. The number of aromatic nitrogens is 2. The largest absolute Gasteiger partial charge is 0.486 e. The zero-order chi connectivity index (χ0) is 23.4. The first-order valence-electron chi connectivity index (χ1n) is 10.7. The standard InChI is InChI=1S/C24H29Cl2N3O2S/c1-6-15(4)27-24(30)20-10-22(29(16(20)5)11-14(2)3)21-13-32-23(28-21)12-31-19-8-17(25)7-18(26)9-19/h7-10,13-15H,6,11-12H2,1-5H3,(H,27,30). The first kappa shape index (κ1) is 24.6. The number of thiazole rings is 1. The monoisotopic (exact) mass is 493 g/mol. The Hall–Kier alpha value is -2.02. The molecule has 0 aliphatic carbocycles. The van der Waals surface area contributed by atoms with Crippen LogP contribution in [0.2, 0.25) is 10.0 Å². The summed E-state index contributed by atoms with van der Waals surface area (Å²) in [6, 6.07) is 7.19. The van der Waals surface area contributed by atoms with Crippen LogP contribution in [0, 0.1) is 12.8 Å². The molecule has 172 valence electrons. The summed E-state index contributed by atoms with van der Waals surface area (Å²) in [5.74, 6) is 0.985. The van der Waals surface area contributed by atoms with Gasteiger partial charge in [0.2, 0.25) is 0 Å². The van der Waals surface area contributed by atoms with Crippen LogP contribution in [0.15, 0.2) is 29.6 Å². The molecule has 0 aliphatic rings. The summed E-state index contributed by atoms with van der Waals surface area (Å²) in [6.45, 7) is 11.5. The van der Waals surface area contributed by atoms with Crippen molar-refractivity contribution in [3.8, 4) is 17.1 Å². The summed E-state index contributed by atoms with van der Waals surface area (Å²) in [6.07, 6.45) is 0.887.